The molecule has 5 nitrogen and oxygen atoms in total. The maximum atomic E-state index is 11.8. The molecule has 2 rings (SSSR count). The van der Waals surface area contributed by atoms with Gasteiger partial charge in [-0.1, -0.05) is 6.42 Å². The number of amides is 2. The number of nitrogens with one attached hydrogen (secondary N) is 2. The molecule has 2 amide bonds. The zero-order valence-electron chi connectivity index (χ0n) is 9.78. The van der Waals surface area contributed by atoms with Gasteiger partial charge in [-0.15, -0.1) is 12.4 Å². The summed E-state index contributed by atoms with van der Waals surface area (Å²) in [7, 11) is 0. The highest BCUT2D eigenvalue weighted by Crippen LogP contribution is 2.24. The van der Waals surface area contributed by atoms with Gasteiger partial charge in [0.1, 0.15) is 6.04 Å². The summed E-state index contributed by atoms with van der Waals surface area (Å²) in [5, 5.41) is 5.69. The Morgan fingerprint density at radius 3 is 2.76 bits per heavy atom. The number of hydrogen-bond acceptors (Lipinski definition) is 3. The van der Waals surface area contributed by atoms with Crippen LogP contribution in [0.3, 0.4) is 0 Å². The van der Waals surface area contributed by atoms with Crippen molar-refractivity contribution in [2.24, 2.45) is 11.7 Å². The summed E-state index contributed by atoms with van der Waals surface area (Å²) in [6.45, 7) is 0.627. The normalized spacial score (nSPS) is 31.8. The van der Waals surface area contributed by atoms with Gasteiger partial charge in [0.15, 0.2) is 0 Å². The van der Waals surface area contributed by atoms with Crippen molar-refractivity contribution in [3.63, 3.8) is 0 Å². The molecule has 0 spiro atoms. The van der Waals surface area contributed by atoms with E-state index < -0.39 is 0 Å². The molecule has 1 heterocycles. The molecule has 98 valence electrons. The van der Waals surface area contributed by atoms with Gasteiger partial charge in [-0.3, -0.25) is 9.59 Å². The van der Waals surface area contributed by atoms with E-state index in [9.17, 15) is 9.59 Å². The lowest BCUT2D eigenvalue weighted by molar-refractivity contribution is -0.126. The van der Waals surface area contributed by atoms with Crippen LogP contribution in [0, 0.1) is 5.92 Å². The van der Waals surface area contributed by atoms with Crippen LogP contribution in [0.4, 0.5) is 0 Å². The van der Waals surface area contributed by atoms with Crippen LogP contribution >= 0.6 is 12.4 Å². The fourth-order valence-electron chi connectivity index (χ4n) is 2.60. The van der Waals surface area contributed by atoms with Gasteiger partial charge < -0.3 is 16.4 Å². The molecule has 17 heavy (non-hydrogen) atoms. The summed E-state index contributed by atoms with van der Waals surface area (Å²) in [6.07, 6.45) is 4.31. The standard InChI is InChI=1S/C11H19N3O2.ClH/c12-6-7-2-1-3-8(7)14-11(16)9-4-5-10(15)13-9;/h7-9H,1-6,12H2,(H,13,15)(H,14,16);1H/t7?,8?,9-;/m0./s1. The third-order valence-electron chi connectivity index (χ3n) is 3.60. The molecule has 0 bridgehead atoms. The molecule has 2 unspecified atom stereocenters. The van der Waals surface area contributed by atoms with Crippen LogP contribution < -0.4 is 16.4 Å². The lowest BCUT2D eigenvalue weighted by atomic mass is 10.0. The van der Waals surface area contributed by atoms with Crippen molar-refractivity contribution in [1.29, 1.82) is 0 Å². The minimum atomic E-state index is -0.327. The molecule has 3 atom stereocenters. The van der Waals surface area contributed by atoms with E-state index in [1.165, 1.54) is 0 Å². The SMILES string of the molecule is Cl.NCC1CCCC1NC(=O)[C@@H]1CCC(=O)N1. The Morgan fingerprint density at radius 2 is 2.18 bits per heavy atom. The van der Waals surface area contributed by atoms with Gasteiger partial charge in [0.2, 0.25) is 11.8 Å². The molecule has 2 aliphatic rings. The number of carbonyl (C=O) groups is 2. The maximum absolute atomic E-state index is 11.8. The van der Waals surface area contributed by atoms with Gasteiger partial charge >= 0.3 is 0 Å². The topological polar surface area (TPSA) is 84.2 Å². The number of halogens is 1. The lowest BCUT2D eigenvalue weighted by Crippen LogP contribution is -2.48. The zero-order chi connectivity index (χ0) is 11.5. The number of carbonyl (C=O) groups excluding carboxylic acids is 2. The van der Waals surface area contributed by atoms with Crippen molar-refractivity contribution >= 4 is 24.2 Å². The van der Waals surface area contributed by atoms with Crippen LogP contribution in [-0.4, -0.2) is 30.4 Å². The number of hydrogen-bond donors (Lipinski definition) is 3. The second-order valence-electron chi connectivity index (χ2n) is 4.70. The molecule has 0 aromatic carbocycles. The van der Waals surface area contributed by atoms with Crippen molar-refractivity contribution in [1.82, 2.24) is 10.6 Å². The van der Waals surface area contributed by atoms with Crippen LogP contribution in [0.2, 0.25) is 0 Å². The molecule has 4 N–H and O–H groups in total. The molecule has 1 aliphatic carbocycles. The van der Waals surface area contributed by atoms with Gasteiger partial charge in [0.05, 0.1) is 0 Å². The van der Waals surface area contributed by atoms with E-state index >= 15 is 0 Å². The number of nitrogens with two attached hydrogens (primary N) is 1. The average molecular weight is 262 g/mol. The zero-order valence-corrected chi connectivity index (χ0v) is 10.6. The van der Waals surface area contributed by atoms with Gasteiger partial charge in [0.25, 0.3) is 0 Å². The monoisotopic (exact) mass is 261 g/mol. The Hall–Kier alpha value is -0.810. The Bertz CT molecular complexity index is 298. The molecule has 0 radical (unpaired) electrons. The Labute approximate surface area is 107 Å². The Balaban J connectivity index is 0.00000144. The van der Waals surface area contributed by atoms with Crippen LogP contribution in [0.25, 0.3) is 0 Å². The first kappa shape index (κ1) is 14.3. The van der Waals surface area contributed by atoms with E-state index in [2.05, 4.69) is 10.6 Å². The van der Waals surface area contributed by atoms with E-state index in [0.717, 1.165) is 19.3 Å². The van der Waals surface area contributed by atoms with Crippen LogP contribution in [0.1, 0.15) is 32.1 Å². The molecule has 1 saturated carbocycles. The highest BCUT2D eigenvalue weighted by atomic mass is 35.5. The predicted molar refractivity (Wildman–Crippen MR) is 66.7 cm³/mol. The Kier molecular flexibility index (Phi) is 5.21. The first-order chi connectivity index (χ1) is 7.70. The smallest absolute Gasteiger partial charge is 0.242 e. The van der Waals surface area contributed by atoms with Crippen molar-refractivity contribution in [3.8, 4) is 0 Å². The number of rotatable bonds is 3. The van der Waals surface area contributed by atoms with Gasteiger partial charge in [0, 0.05) is 12.5 Å². The highest BCUT2D eigenvalue weighted by molar-refractivity contribution is 5.90. The van der Waals surface area contributed by atoms with Crippen LogP contribution in [0.15, 0.2) is 0 Å². The fraction of sp³-hybridized carbons (Fsp3) is 0.818. The molecule has 1 saturated heterocycles. The molecule has 1 aliphatic heterocycles. The first-order valence-corrected chi connectivity index (χ1v) is 6.00. The lowest BCUT2D eigenvalue weighted by Gasteiger charge is -2.21. The van der Waals surface area contributed by atoms with Gasteiger partial charge in [-0.25, -0.2) is 0 Å². The summed E-state index contributed by atoms with van der Waals surface area (Å²) in [6, 6.07) is -0.124. The van der Waals surface area contributed by atoms with Crippen molar-refractivity contribution in [2.45, 2.75) is 44.2 Å². The summed E-state index contributed by atoms with van der Waals surface area (Å²) >= 11 is 0. The molecule has 0 aromatic heterocycles. The minimum Gasteiger partial charge on any atom is -0.351 e. The summed E-state index contributed by atoms with van der Waals surface area (Å²) in [4.78, 5) is 22.8. The van der Waals surface area contributed by atoms with E-state index in [1.807, 2.05) is 0 Å². The van der Waals surface area contributed by atoms with Gasteiger partial charge in [-0.05, 0) is 31.7 Å². The van der Waals surface area contributed by atoms with Crippen molar-refractivity contribution in [2.75, 3.05) is 6.54 Å². The molecule has 2 fully saturated rings. The third-order valence-corrected chi connectivity index (χ3v) is 3.60. The summed E-state index contributed by atoms with van der Waals surface area (Å²) in [5.41, 5.74) is 5.65. The fourth-order valence-corrected chi connectivity index (χ4v) is 2.60. The highest BCUT2D eigenvalue weighted by Gasteiger charge is 2.32. The van der Waals surface area contributed by atoms with Crippen molar-refractivity contribution < 1.29 is 9.59 Å². The second-order valence-corrected chi connectivity index (χ2v) is 4.70. The van der Waals surface area contributed by atoms with E-state index in [1.54, 1.807) is 0 Å². The van der Waals surface area contributed by atoms with E-state index in [-0.39, 0.29) is 36.3 Å². The van der Waals surface area contributed by atoms with Crippen molar-refractivity contribution in [3.05, 3.63) is 0 Å². The van der Waals surface area contributed by atoms with Crippen LogP contribution in [0.5, 0.6) is 0 Å². The minimum absolute atomic E-state index is 0. The Morgan fingerprint density at radius 1 is 1.41 bits per heavy atom. The summed E-state index contributed by atoms with van der Waals surface area (Å²) < 4.78 is 0. The molecule has 6 heteroatoms. The molecular formula is C11H20ClN3O2. The predicted octanol–water partition coefficient (Wildman–Crippen LogP) is -0.0696. The summed E-state index contributed by atoms with van der Waals surface area (Å²) in [5.74, 6) is 0.333. The van der Waals surface area contributed by atoms with Gasteiger partial charge in [-0.2, -0.15) is 0 Å². The average Bonchev–Trinajstić information content (AvgIpc) is 2.86. The van der Waals surface area contributed by atoms with E-state index in [4.69, 9.17) is 5.73 Å². The molecular weight excluding hydrogens is 242 g/mol. The third kappa shape index (κ3) is 3.33. The second kappa shape index (κ2) is 6.21. The van der Waals surface area contributed by atoms with E-state index in [0.29, 0.717) is 25.3 Å². The quantitative estimate of drug-likeness (QED) is 0.665. The molecule has 0 aromatic rings. The van der Waals surface area contributed by atoms with Crippen LogP contribution in [-0.2, 0) is 9.59 Å². The first-order valence-electron chi connectivity index (χ1n) is 6.00. The largest absolute Gasteiger partial charge is 0.351 e. The maximum Gasteiger partial charge on any atom is 0.242 e.